The fourth-order valence-corrected chi connectivity index (χ4v) is 3.63. The summed E-state index contributed by atoms with van der Waals surface area (Å²) >= 11 is 12.2. The van der Waals surface area contributed by atoms with Gasteiger partial charge in [0.2, 0.25) is 0 Å². The highest BCUT2D eigenvalue weighted by Crippen LogP contribution is 2.26. The number of rotatable bonds is 4. The molecular weight excluding hydrogens is 357 g/mol. The Morgan fingerprint density at radius 1 is 1.36 bits per heavy atom. The van der Waals surface area contributed by atoms with E-state index in [0.717, 1.165) is 24.2 Å². The fraction of sp³-hybridized carbons (Fsp3) is 0.444. The average molecular weight is 380 g/mol. The monoisotopic (exact) mass is 379 g/mol. The number of benzene rings is 1. The zero-order valence-corrected chi connectivity index (χ0v) is 16.0. The zero-order chi connectivity index (χ0) is 17.8. The van der Waals surface area contributed by atoms with Crippen LogP contribution >= 0.6 is 23.2 Å². The molecule has 0 amide bonds. The highest BCUT2D eigenvalue weighted by molar-refractivity contribution is 6.35. The maximum Gasteiger partial charge on any atom is 0.191 e. The Morgan fingerprint density at radius 3 is 2.92 bits per heavy atom. The molecule has 0 bridgehead atoms. The lowest BCUT2D eigenvalue weighted by molar-refractivity contribution is 0.522. The predicted molar refractivity (Wildman–Crippen MR) is 103 cm³/mol. The number of halogens is 2. The SMILES string of the molecule is CN=C(NCc1cn2c(n1)CCCC2)NC(C)c1ccc(Cl)cc1Cl. The molecule has 1 aliphatic rings. The Morgan fingerprint density at radius 2 is 2.20 bits per heavy atom. The van der Waals surface area contributed by atoms with Gasteiger partial charge in [0.1, 0.15) is 5.82 Å². The van der Waals surface area contributed by atoms with Crippen molar-refractivity contribution in [2.45, 2.75) is 45.3 Å². The quantitative estimate of drug-likeness (QED) is 0.624. The molecule has 3 rings (SSSR count). The van der Waals surface area contributed by atoms with Gasteiger partial charge in [-0.3, -0.25) is 4.99 Å². The molecule has 0 radical (unpaired) electrons. The molecule has 1 atom stereocenters. The number of nitrogens with zero attached hydrogens (tertiary/aromatic N) is 3. The molecule has 5 nitrogen and oxygen atoms in total. The van der Waals surface area contributed by atoms with Crippen molar-refractivity contribution in [3.8, 4) is 0 Å². The van der Waals surface area contributed by atoms with Crippen LogP contribution in [0.4, 0.5) is 0 Å². The van der Waals surface area contributed by atoms with Crippen LogP contribution in [-0.4, -0.2) is 22.6 Å². The number of aryl methyl sites for hydroxylation is 2. The number of aromatic nitrogens is 2. The van der Waals surface area contributed by atoms with Gasteiger partial charge >= 0.3 is 0 Å². The van der Waals surface area contributed by atoms with Gasteiger partial charge in [-0.2, -0.15) is 0 Å². The summed E-state index contributed by atoms with van der Waals surface area (Å²) in [7, 11) is 1.75. The summed E-state index contributed by atoms with van der Waals surface area (Å²) in [6.45, 7) is 3.75. The largest absolute Gasteiger partial charge is 0.351 e. The first-order valence-corrected chi connectivity index (χ1v) is 9.29. The molecule has 0 spiro atoms. The summed E-state index contributed by atoms with van der Waals surface area (Å²) in [4.78, 5) is 8.99. The highest BCUT2D eigenvalue weighted by atomic mass is 35.5. The summed E-state index contributed by atoms with van der Waals surface area (Å²) in [6.07, 6.45) is 5.67. The van der Waals surface area contributed by atoms with Gasteiger partial charge in [-0.1, -0.05) is 29.3 Å². The lowest BCUT2D eigenvalue weighted by atomic mass is 10.1. The molecule has 0 aliphatic carbocycles. The van der Waals surface area contributed by atoms with E-state index < -0.39 is 0 Å². The van der Waals surface area contributed by atoms with E-state index in [2.05, 4.69) is 26.4 Å². The first-order valence-electron chi connectivity index (χ1n) is 8.54. The van der Waals surface area contributed by atoms with Gasteiger partial charge in [-0.05, 0) is 37.5 Å². The molecule has 1 aromatic carbocycles. The maximum absolute atomic E-state index is 6.28. The molecule has 7 heteroatoms. The predicted octanol–water partition coefficient (Wildman–Crippen LogP) is 3.95. The van der Waals surface area contributed by atoms with Crippen molar-refractivity contribution < 1.29 is 0 Å². The van der Waals surface area contributed by atoms with E-state index in [1.165, 1.54) is 18.7 Å². The van der Waals surface area contributed by atoms with Crippen LogP contribution in [0.2, 0.25) is 10.0 Å². The van der Waals surface area contributed by atoms with E-state index in [-0.39, 0.29) is 6.04 Å². The average Bonchev–Trinajstić information content (AvgIpc) is 3.01. The van der Waals surface area contributed by atoms with Crippen molar-refractivity contribution in [3.05, 3.63) is 51.5 Å². The van der Waals surface area contributed by atoms with E-state index in [1.807, 2.05) is 19.1 Å². The summed E-state index contributed by atoms with van der Waals surface area (Å²) < 4.78 is 2.26. The molecule has 0 saturated heterocycles. The topological polar surface area (TPSA) is 54.2 Å². The molecule has 0 fully saturated rings. The molecule has 1 aromatic heterocycles. The van der Waals surface area contributed by atoms with Gasteiger partial charge in [0, 0.05) is 36.3 Å². The van der Waals surface area contributed by atoms with E-state index >= 15 is 0 Å². The molecule has 2 aromatic rings. The third-order valence-electron chi connectivity index (χ3n) is 4.40. The van der Waals surface area contributed by atoms with Gasteiger partial charge in [0.15, 0.2) is 5.96 Å². The second-order valence-electron chi connectivity index (χ2n) is 6.26. The number of hydrogen-bond donors (Lipinski definition) is 2. The summed E-state index contributed by atoms with van der Waals surface area (Å²) in [5.41, 5.74) is 2.02. The van der Waals surface area contributed by atoms with Crippen LogP contribution in [0.1, 0.15) is 42.9 Å². The van der Waals surface area contributed by atoms with E-state index in [1.54, 1.807) is 13.1 Å². The Labute approximate surface area is 158 Å². The van der Waals surface area contributed by atoms with Gasteiger partial charge in [0.25, 0.3) is 0 Å². The number of fused-ring (bicyclic) bond motifs is 1. The second-order valence-corrected chi connectivity index (χ2v) is 7.10. The second kappa shape index (κ2) is 8.11. The lowest BCUT2D eigenvalue weighted by Gasteiger charge is -2.19. The van der Waals surface area contributed by atoms with Crippen molar-refractivity contribution in [1.29, 1.82) is 0 Å². The van der Waals surface area contributed by atoms with Gasteiger partial charge in [-0.15, -0.1) is 0 Å². The van der Waals surface area contributed by atoms with Crippen LogP contribution in [0.5, 0.6) is 0 Å². The summed E-state index contributed by atoms with van der Waals surface area (Å²) in [6, 6.07) is 5.53. The molecule has 25 heavy (non-hydrogen) atoms. The molecule has 134 valence electrons. The Bertz CT molecular complexity index is 745. The number of guanidine groups is 1. The van der Waals surface area contributed by atoms with Gasteiger partial charge in [-0.25, -0.2) is 4.98 Å². The van der Waals surface area contributed by atoms with Crippen molar-refractivity contribution >= 4 is 29.2 Å². The van der Waals surface area contributed by atoms with Crippen molar-refractivity contribution in [1.82, 2.24) is 20.2 Å². The lowest BCUT2D eigenvalue weighted by Crippen LogP contribution is -2.38. The zero-order valence-electron chi connectivity index (χ0n) is 14.5. The van der Waals surface area contributed by atoms with Gasteiger partial charge in [0.05, 0.1) is 18.3 Å². The molecular formula is C18H23Cl2N5. The smallest absolute Gasteiger partial charge is 0.191 e. The number of imidazole rings is 1. The van der Waals surface area contributed by atoms with Crippen molar-refractivity contribution in [3.63, 3.8) is 0 Å². The van der Waals surface area contributed by atoms with Crippen LogP contribution in [0.15, 0.2) is 29.4 Å². The number of aliphatic imine (C=N–C) groups is 1. The first-order chi connectivity index (χ1) is 12.1. The minimum absolute atomic E-state index is 0.00571. The molecule has 0 saturated carbocycles. The summed E-state index contributed by atoms with van der Waals surface area (Å²) in [5, 5.41) is 7.95. The Kier molecular flexibility index (Phi) is 5.86. The minimum Gasteiger partial charge on any atom is -0.351 e. The van der Waals surface area contributed by atoms with Crippen LogP contribution in [0, 0.1) is 0 Å². The minimum atomic E-state index is 0.00571. The van der Waals surface area contributed by atoms with E-state index in [9.17, 15) is 0 Å². The molecule has 1 aliphatic heterocycles. The molecule has 1 unspecified atom stereocenters. The van der Waals surface area contributed by atoms with Crippen LogP contribution in [-0.2, 0) is 19.5 Å². The van der Waals surface area contributed by atoms with Crippen LogP contribution < -0.4 is 10.6 Å². The van der Waals surface area contributed by atoms with Gasteiger partial charge < -0.3 is 15.2 Å². The third kappa shape index (κ3) is 4.47. The van der Waals surface area contributed by atoms with Crippen LogP contribution in [0.25, 0.3) is 0 Å². The normalized spacial score (nSPS) is 15.6. The van der Waals surface area contributed by atoms with Crippen LogP contribution in [0.3, 0.4) is 0 Å². The van der Waals surface area contributed by atoms with E-state index in [0.29, 0.717) is 22.5 Å². The Balaban J connectivity index is 1.60. The summed E-state index contributed by atoms with van der Waals surface area (Å²) in [5.74, 6) is 1.90. The standard InChI is InChI=1S/C18H23Cl2N5/c1-12(15-7-6-13(19)9-16(15)20)23-18(21-2)22-10-14-11-25-8-4-3-5-17(25)24-14/h6-7,9,11-12H,3-5,8,10H2,1-2H3,(H2,21,22,23). The van der Waals surface area contributed by atoms with Crippen molar-refractivity contribution in [2.75, 3.05) is 7.05 Å². The van der Waals surface area contributed by atoms with Crippen molar-refractivity contribution in [2.24, 2.45) is 4.99 Å². The molecule has 2 heterocycles. The molecule has 2 N–H and O–H groups in total. The number of nitrogens with one attached hydrogen (secondary N) is 2. The first kappa shape index (κ1) is 18.1. The maximum atomic E-state index is 6.28. The Hall–Kier alpha value is -1.72. The highest BCUT2D eigenvalue weighted by Gasteiger charge is 2.14. The fourth-order valence-electron chi connectivity index (χ4n) is 3.06. The third-order valence-corrected chi connectivity index (χ3v) is 4.96. The van der Waals surface area contributed by atoms with E-state index in [4.69, 9.17) is 28.2 Å². The number of hydrogen-bond acceptors (Lipinski definition) is 2.